The minimum absolute atomic E-state index is 0.0352. The molecule has 3 nitrogen and oxygen atoms in total. The number of hydrogen-bond donors (Lipinski definition) is 1. The number of nitrogens with zero attached hydrogens (tertiary/aromatic N) is 1. The smallest absolute Gasteiger partial charge is 0.260 e. The predicted molar refractivity (Wildman–Crippen MR) is 86.0 cm³/mol. The topological polar surface area (TPSA) is 40.5 Å². The SMILES string of the molecule is CC12CN(Cl)C(=O)C=C1CCC1C2CCC2(C)C(O)CCC12. The number of hydrogen-bond acceptors (Lipinski definition) is 2. The fraction of sp³-hybridized carbons (Fsp3) is 0.833. The van der Waals surface area contributed by atoms with E-state index in [4.69, 9.17) is 11.8 Å². The van der Waals surface area contributed by atoms with Crippen LogP contribution in [0.5, 0.6) is 0 Å². The molecular weight excluding hydrogens is 298 g/mol. The van der Waals surface area contributed by atoms with Crippen LogP contribution in [0.2, 0.25) is 0 Å². The molecule has 0 aromatic carbocycles. The van der Waals surface area contributed by atoms with Crippen LogP contribution in [0.4, 0.5) is 0 Å². The summed E-state index contributed by atoms with van der Waals surface area (Å²) in [6.07, 6.45) is 8.26. The van der Waals surface area contributed by atoms with Crippen LogP contribution in [0, 0.1) is 28.6 Å². The Morgan fingerprint density at radius 1 is 1.23 bits per heavy atom. The first-order chi connectivity index (χ1) is 10.4. The highest BCUT2D eigenvalue weighted by Gasteiger charge is 2.59. The summed E-state index contributed by atoms with van der Waals surface area (Å²) >= 11 is 6.17. The van der Waals surface area contributed by atoms with Crippen molar-refractivity contribution in [2.75, 3.05) is 6.54 Å². The van der Waals surface area contributed by atoms with Gasteiger partial charge in [0.1, 0.15) is 0 Å². The predicted octanol–water partition coefficient (Wildman–Crippen LogP) is 3.51. The van der Waals surface area contributed by atoms with Gasteiger partial charge >= 0.3 is 0 Å². The molecule has 0 spiro atoms. The van der Waals surface area contributed by atoms with Gasteiger partial charge in [0.25, 0.3) is 5.91 Å². The Kier molecular flexibility index (Phi) is 3.23. The fourth-order valence-electron chi connectivity index (χ4n) is 6.34. The molecule has 1 amide bonds. The zero-order valence-corrected chi connectivity index (χ0v) is 14.3. The zero-order valence-electron chi connectivity index (χ0n) is 13.5. The fourth-order valence-corrected chi connectivity index (χ4v) is 6.64. The molecule has 122 valence electrons. The lowest BCUT2D eigenvalue weighted by Gasteiger charge is -2.58. The molecule has 0 radical (unpaired) electrons. The van der Waals surface area contributed by atoms with Crippen LogP contribution in [-0.4, -0.2) is 28.1 Å². The molecule has 6 unspecified atom stereocenters. The third kappa shape index (κ3) is 1.81. The van der Waals surface area contributed by atoms with Gasteiger partial charge in [-0.2, -0.15) is 0 Å². The number of aliphatic hydroxyl groups is 1. The van der Waals surface area contributed by atoms with Crippen molar-refractivity contribution >= 4 is 17.7 Å². The van der Waals surface area contributed by atoms with Gasteiger partial charge in [0.15, 0.2) is 0 Å². The Morgan fingerprint density at radius 3 is 2.77 bits per heavy atom. The number of halogens is 1. The van der Waals surface area contributed by atoms with Crippen LogP contribution < -0.4 is 0 Å². The highest BCUT2D eigenvalue weighted by molar-refractivity contribution is 6.23. The Labute approximate surface area is 137 Å². The largest absolute Gasteiger partial charge is 0.393 e. The second-order valence-corrected chi connectivity index (χ2v) is 8.91. The minimum atomic E-state index is -0.124. The van der Waals surface area contributed by atoms with Gasteiger partial charge in [-0.15, -0.1) is 0 Å². The lowest BCUT2D eigenvalue weighted by Crippen LogP contribution is -2.54. The average molecular weight is 324 g/mol. The summed E-state index contributed by atoms with van der Waals surface area (Å²) in [5, 5.41) is 10.5. The second kappa shape index (κ2) is 4.73. The van der Waals surface area contributed by atoms with Gasteiger partial charge in [-0.1, -0.05) is 19.4 Å². The standard InChI is InChI=1S/C18H26ClNO2/c1-17-8-7-14-12(13(17)5-6-15(17)21)4-3-11-9-16(22)20(19)10-18(11,14)2/h9,12-15,21H,3-8,10H2,1-2H3. The monoisotopic (exact) mass is 323 g/mol. The number of amides is 1. The molecule has 4 heteroatoms. The first-order valence-electron chi connectivity index (χ1n) is 8.72. The lowest BCUT2D eigenvalue weighted by molar-refractivity contribution is -0.126. The Hall–Kier alpha value is -0.540. The molecule has 1 N–H and O–H groups in total. The normalized spacial score (nSPS) is 51.0. The number of rotatable bonds is 0. The van der Waals surface area contributed by atoms with Crippen molar-refractivity contribution in [3.63, 3.8) is 0 Å². The van der Waals surface area contributed by atoms with Crippen molar-refractivity contribution in [3.8, 4) is 0 Å². The third-order valence-corrected chi connectivity index (χ3v) is 7.98. The minimum Gasteiger partial charge on any atom is -0.393 e. The molecule has 0 bridgehead atoms. The quantitative estimate of drug-likeness (QED) is 0.693. The first kappa shape index (κ1) is 15.0. The van der Waals surface area contributed by atoms with E-state index in [1.54, 1.807) is 6.08 Å². The van der Waals surface area contributed by atoms with Gasteiger partial charge < -0.3 is 5.11 Å². The van der Waals surface area contributed by atoms with Crippen LogP contribution >= 0.6 is 11.8 Å². The Morgan fingerprint density at radius 2 is 2.00 bits per heavy atom. The van der Waals surface area contributed by atoms with E-state index in [0.717, 1.165) is 32.1 Å². The van der Waals surface area contributed by atoms with Crippen LogP contribution in [0.25, 0.3) is 0 Å². The van der Waals surface area contributed by atoms with Crippen LogP contribution in [-0.2, 0) is 4.79 Å². The van der Waals surface area contributed by atoms with Crippen molar-refractivity contribution in [1.29, 1.82) is 0 Å². The summed E-state index contributed by atoms with van der Waals surface area (Å²) in [6, 6.07) is 0. The number of aliphatic hydroxyl groups excluding tert-OH is 1. The molecule has 1 aliphatic heterocycles. The highest BCUT2D eigenvalue weighted by atomic mass is 35.5. The Bertz CT molecular complexity index is 547. The third-order valence-electron chi connectivity index (χ3n) is 7.69. The number of carbonyl (C=O) groups excluding carboxylic acids is 1. The molecule has 0 aromatic heterocycles. The number of fused-ring (bicyclic) bond motifs is 5. The van der Waals surface area contributed by atoms with E-state index in [2.05, 4.69) is 13.8 Å². The van der Waals surface area contributed by atoms with E-state index >= 15 is 0 Å². The summed E-state index contributed by atoms with van der Waals surface area (Å²) in [5.74, 6) is 1.87. The summed E-state index contributed by atoms with van der Waals surface area (Å²) < 4.78 is 1.38. The second-order valence-electron chi connectivity index (χ2n) is 8.50. The molecular formula is C18H26ClNO2. The van der Waals surface area contributed by atoms with E-state index in [9.17, 15) is 9.90 Å². The molecule has 0 aromatic rings. The van der Waals surface area contributed by atoms with Gasteiger partial charge in [0.2, 0.25) is 0 Å². The van der Waals surface area contributed by atoms with E-state index in [1.165, 1.54) is 16.4 Å². The van der Waals surface area contributed by atoms with Gasteiger partial charge in [0.05, 0.1) is 6.10 Å². The molecule has 1 heterocycles. The van der Waals surface area contributed by atoms with Crippen LogP contribution in [0.1, 0.15) is 52.4 Å². The molecule has 6 atom stereocenters. The molecule has 0 saturated heterocycles. The van der Waals surface area contributed by atoms with Gasteiger partial charge in [-0.25, -0.2) is 0 Å². The van der Waals surface area contributed by atoms with E-state index < -0.39 is 0 Å². The van der Waals surface area contributed by atoms with Gasteiger partial charge in [-0.05, 0) is 61.7 Å². The van der Waals surface area contributed by atoms with Crippen molar-refractivity contribution in [3.05, 3.63) is 11.6 Å². The maximum absolute atomic E-state index is 11.9. The maximum atomic E-state index is 11.9. The molecule has 4 rings (SSSR count). The van der Waals surface area contributed by atoms with Crippen molar-refractivity contribution in [2.45, 2.75) is 58.5 Å². The van der Waals surface area contributed by atoms with E-state index in [1.807, 2.05) is 0 Å². The van der Waals surface area contributed by atoms with E-state index in [0.29, 0.717) is 24.3 Å². The van der Waals surface area contributed by atoms with E-state index in [-0.39, 0.29) is 22.8 Å². The van der Waals surface area contributed by atoms with Crippen LogP contribution in [0.15, 0.2) is 11.6 Å². The Balaban J connectivity index is 1.70. The molecule has 4 aliphatic rings. The molecule has 22 heavy (non-hydrogen) atoms. The lowest BCUT2D eigenvalue weighted by atomic mass is 9.48. The maximum Gasteiger partial charge on any atom is 0.260 e. The zero-order chi connectivity index (χ0) is 15.7. The summed E-state index contributed by atoms with van der Waals surface area (Å²) in [7, 11) is 0. The van der Waals surface area contributed by atoms with Gasteiger partial charge in [0, 0.05) is 29.8 Å². The van der Waals surface area contributed by atoms with Crippen molar-refractivity contribution < 1.29 is 9.90 Å². The molecule has 3 saturated carbocycles. The van der Waals surface area contributed by atoms with Crippen molar-refractivity contribution in [2.24, 2.45) is 28.6 Å². The first-order valence-corrected chi connectivity index (χ1v) is 9.06. The molecule has 3 aliphatic carbocycles. The summed E-state index contributed by atoms with van der Waals surface area (Å²) in [5.41, 5.74) is 1.47. The van der Waals surface area contributed by atoms with Crippen LogP contribution in [0.3, 0.4) is 0 Å². The van der Waals surface area contributed by atoms with Gasteiger partial charge in [-0.3, -0.25) is 9.21 Å². The molecule has 3 fully saturated rings. The highest BCUT2D eigenvalue weighted by Crippen LogP contribution is 2.64. The van der Waals surface area contributed by atoms with Crippen molar-refractivity contribution in [1.82, 2.24) is 4.42 Å². The summed E-state index contributed by atoms with van der Waals surface area (Å²) in [6.45, 7) is 5.26. The number of carbonyl (C=O) groups is 1. The average Bonchev–Trinajstić information content (AvgIpc) is 2.77. The summed E-state index contributed by atoms with van der Waals surface area (Å²) in [4.78, 5) is 11.9.